The maximum absolute atomic E-state index is 13.4. The number of benzene rings is 2. The van der Waals surface area contributed by atoms with E-state index >= 15 is 0 Å². The van der Waals surface area contributed by atoms with Gasteiger partial charge in [-0.25, -0.2) is 4.98 Å². The first-order valence-corrected chi connectivity index (χ1v) is 9.75. The Morgan fingerprint density at radius 2 is 1.65 bits per heavy atom. The molecule has 154 valence electrons. The number of rotatable bonds is 6. The Labute approximate surface area is 178 Å². The zero-order chi connectivity index (χ0) is 22.0. The maximum Gasteiger partial charge on any atom is 0.277 e. The molecule has 2 aromatic carbocycles. The van der Waals surface area contributed by atoms with E-state index in [2.05, 4.69) is 9.97 Å². The van der Waals surface area contributed by atoms with E-state index in [4.69, 9.17) is 0 Å². The minimum absolute atomic E-state index is 0.0377. The number of amides is 1. The number of hydrogen-bond donors (Lipinski definition) is 0. The molecule has 0 aliphatic carbocycles. The highest BCUT2D eigenvalue weighted by Crippen LogP contribution is 2.32. The van der Waals surface area contributed by atoms with E-state index < -0.39 is 27.1 Å². The number of thiazole rings is 1. The molecule has 11 heteroatoms. The molecule has 0 fully saturated rings. The molecule has 0 unspecified atom stereocenters. The van der Waals surface area contributed by atoms with Gasteiger partial charge in [0.25, 0.3) is 17.3 Å². The third kappa shape index (κ3) is 4.21. The van der Waals surface area contributed by atoms with Crippen LogP contribution in [0.5, 0.6) is 0 Å². The van der Waals surface area contributed by atoms with Crippen molar-refractivity contribution in [2.75, 3.05) is 4.90 Å². The molecule has 4 aromatic rings. The van der Waals surface area contributed by atoms with Crippen LogP contribution in [0.1, 0.15) is 16.1 Å². The fraction of sp³-hybridized carbons (Fsp3) is 0.0500. The van der Waals surface area contributed by atoms with Gasteiger partial charge in [0.2, 0.25) is 0 Å². The topological polar surface area (TPSA) is 132 Å². The number of para-hydroxylation sites is 1. The van der Waals surface area contributed by atoms with Gasteiger partial charge in [-0.2, -0.15) is 0 Å². The highest BCUT2D eigenvalue weighted by atomic mass is 32.1. The zero-order valence-electron chi connectivity index (χ0n) is 15.7. The second-order valence-electron chi connectivity index (χ2n) is 6.43. The molecule has 10 nitrogen and oxygen atoms in total. The molecule has 0 bridgehead atoms. The van der Waals surface area contributed by atoms with Crippen LogP contribution < -0.4 is 4.90 Å². The SMILES string of the molecule is O=C(c1cc([N+](=O)[O-])cc([N+](=O)[O-])c1)N(Cc1ccccn1)c1nc2ccccc2s1. The lowest BCUT2D eigenvalue weighted by molar-refractivity contribution is -0.394. The van der Waals surface area contributed by atoms with Crippen molar-refractivity contribution in [3.8, 4) is 0 Å². The average molecular weight is 435 g/mol. The summed E-state index contributed by atoms with van der Waals surface area (Å²) in [6.45, 7) is 0.0377. The summed E-state index contributed by atoms with van der Waals surface area (Å²) in [5.74, 6) is -0.656. The van der Waals surface area contributed by atoms with E-state index in [0.717, 1.165) is 22.9 Å². The number of pyridine rings is 1. The summed E-state index contributed by atoms with van der Waals surface area (Å²) >= 11 is 1.27. The van der Waals surface area contributed by atoms with Crippen molar-refractivity contribution < 1.29 is 14.6 Å². The standard InChI is InChI=1S/C20H13N5O5S/c26-19(13-9-15(24(27)28)11-16(10-13)25(29)30)23(12-14-5-3-4-8-21-14)20-22-17-6-1-2-7-18(17)31-20/h1-11H,12H2. The minimum Gasteiger partial charge on any atom is -0.278 e. The van der Waals surface area contributed by atoms with Gasteiger partial charge in [-0.15, -0.1) is 0 Å². The number of non-ortho nitro benzene ring substituents is 2. The van der Waals surface area contributed by atoms with Crippen molar-refractivity contribution in [2.24, 2.45) is 0 Å². The molecule has 0 saturated heterocycles. The summed E-state index contributed by atoms with van der Waals surface area (Å²) in [7, 11) is 0. The van der Waals surface area contributed by atoms with Gasteiger partial charge in [0.05, 0.1) is 43.9 Å². The van der Waals surface area contributed by atoms with Gasteiger partial charge in [-0.05, 0) is 24.3 Å². The van der Waals surface area contributed by atoms with Crippen LogP contribution in [0.15, 0.2) is 66.9 Å². The van der Waals surface area contributed by atoms with Crippen LogP contribution in [-0.4, -0.2) is 25.7 Å². The van der Waals surface area contributed by atoms with Crippen LogP contribution in [0.3, 0.4) is 0 Å². The van der Waals surface area contributed by atoms with Gasteiger partial charge in [0, 0.05) is 18.3 Å². The number of fused-ring (bicyclic) bond motifs is 1. The van der Waals surface area contributed by atoms with E-state index in [-0.39, 0.29) is 12.1 Å². The van der Waals surface area contributed by atoms with E-state index in [0.29, 0.717) is 16.3 Å². The number of aromatic nitrogens is 2. The largest absolute Gasteiger partial charge is 0.278 e. The summed E-state index contributed by atoms with van der Waals surface area (Å²) < 4.78 is 0.848. The Bertz CT molecular complexity index is 1240. The molecule has 0 atom stereocenters. The van der Waals surface area contributed by atoms with Crippen LogP contribution in [0, 0.1) is 20.2 Å². The molecular formula is C20H13N5O5S. The second-order valence-corrected chi connectivity index (χ2v) is 7.44. The number of nitro benzene ring substituents is 2. The highest BCUT2D eigenvalue weighted by Gasteiger charge is 2.26. The third-order valence-corrected chi connectivity index (χ3v) is 5.44. The van der Waals surface area contributed by atoms with Crippen molar-refractivity contribution in [1.29, 1.82) is 0 Å². The van der Waals surface area contributed by atoms with Gasteiger partial charge in [0.1, 0.15) is 0 Å². The van der Waals surface area contributed by atoms with Crippen LogP contribution in [-0.2, 0) is 6.54 Å². The van der Waals surface area contributed by atoms with Gasteiger partial charge >= 0.3 is 0 Å². The molecular weight excluding hydrogens is 422 g/mol. The Balaban J connectivity index is 1.82. The Morgan fingerprint density at radius 3 is 2.26 bits per heavy atom. The normalized spacial score (nSPS) is 10.7. The lowest BCUT2D eigenvalue weighted by atomic mass is 10.1. The summed E-state index contributed by atoms with van der Waals surface area (Å²) in [5, 5.41) is 22.8. The van der Waals surface area contributed by atoms with Crippen molar-refractivity contribution in [1.82, 2.24) is 9.97 Å². The molecule has 4 rings (SSSR count). The molecule has 31 heavy (non-hydrogen) atoms. The quantitative estimate of drug-likeness (QED) is 0.325. The molecule has 0 saturated carbocycles. The zero-order valence-corrected chi connectivity index (χ0v) is 16.6. The molecule has 0 radical (unpaired) electrons. The summed E-state index contributed by atoms with van der Waals surface area (Å²) in [6, 6.07) is 15.4. The van der Waals surface area contributed by atoms with Crippen LogP contribution in [0.4, 0.5) is 16.5 Å². The fourth-order valence-corrected chi connectivity index (χ4v) is 3.90. The van der Waals surface area contributed by atoms with E-state index in [1.165, 1.54) is 16.2 Å². The summed E-state index contributed by atoms with van der Waals surface area (Å²) in [6.07, 6.45) is 1.58. The highest BCUT2D eigenvalue weighted by molar-refractivity contribution is 7.22. The fourth-order valence-electron chi connectivity index (χ4n) is 2.94. The summed E-state index contributed by atoms with van der Waals surface area (Å²) in [5.41, 5.74) is -0.0169. The van der Waals surface area contributed by atoms with E-state index in [1.807, 2.05) is 18.2 Å². The average Bonchev–Trinajstić information content (AvgIpc) is 3.21. The molecule has 0 N–H and O–H groups in total. The van der Waals surface area contributed by atoms with Crippen molar-refractivity contribution in [2.45, 2.75) is 6.54 Å². The number of carbonyl (C=O) groups excluding carboxylic acids is 1. The first-order chi connectivity index (χ1) is 14.9. The number of anilines is 1. The number of carbonyl (C=O) groups is 1. The maximum atomic E-state index is 13.4. The lowest BCUT2D eigenvalue weighted by Crippen LogP contribution is -2.30. The Hall–Kier alpha value is -4.25. The number of nitro groups is 2. The lowest BCUT2D eigenvalue weighted by Gasteiger charge is -2.19. The predicted octanol–water partition coefficient (Wildman–Crippen LogP) is 4.35. The van der Waals surface area contributed by atoms with Crippen molar-refractivity contribution in [3.63, 3.8) is 0 Å². The summed E-state index contributed by atoms with van der Waals surface area (Å²) in [4.78, 5) is 44.4. The molecule has 2 aromatic heterocycles. The monoisotopic (exact) mass is 435 g/mol. The van der Waals surface area contributed by atoms with Crippen molar-refractivity contribution >= 4 is 44.0 Å². The van der Waals surface area contributed by atoms with Gasteiger partial charge in [-0.1, -0.05) is 29.5 Å². The Kier molecular flexibility index (Phi) is 5.33. The Morgan fingerprint density at radius 1 is 0.968 bits per heavy atom. The second kappa shape index (κ2) is 8.24. The molecule has 0 aliphatic heterocycles. The molecule has 1 amide bonds. The predicted molar refractivity (Wildman–Crippen MR) is 114 cm³/mol. The molecule has 0 aliphatic rings. The third-order valence-electron chi connectivity index (χ3n) is 4.38. The van der Waals surface area contributed by atoms with E-state index in [9.17, 15) is 25.0 Å². The van der Waals surface area contributed by atoms with Gasteiger partial charge in [-0.3, -0.25) is 34.9 Å². The number of nitrogens with zero attached hydrogens (tertiary/aromatic N) is 5. The van der Waals surface area contributed by atoms with Crippen LogP contribution >= 0.6 is 11.3 Å². The first-order valence-electron chi connectivity index (χ1n) is 8.93. The van der Waals surface area contributed by atoms with Gasteiger partial charge in [0.15, 0.2) is 5.13 Å². The van der Waals surface area contributed by atoms with Gasteiger partial charge < -0.3 is 0 Å². The van der Waals surface area contributed by atoms with Crippen molar-refractivity contribution in [3.05, 3.63) is 98.3 Å². The van der Waals surface area contributed by atoms with Crippen LogP contribution in [0.25, 0.3) is 10.2 Å². The van der Waals surface area contributed by atoms with E-state index in [1.54, 1.807) is 30.5 Å². The molecule has 0 spiro atoms. The smallest absolute Gasteiger partial charge is 0.277 e. The minimum atomic E-state index is -0.773. The number of hydrogen-bond acceptors (Lipinski definition) is 8. The first kappa shape index (κ1) is 20.0. The van der Waals surface area contributed by atoms with Crippen LogP contribution in [0.2, 0.25) is 0 Å². The molecule has 2 heterocycles.